The van der Waals surface area contributed by atoms with Crippen molar-refractivity contribution in [1.29, 1.82) is 0 Å². The SMILES string of the molecule is CN1CCc2cccc3c2[C@H]1Cc1ccc(OCCCNC(=O)CCC(=O)NCCCOc2ccc4c(c2O)-c2cccc5c2[C@@H](C4)N(C)CC5)c(O)c1-3. The fourth-order valence-electron chi connectivity index (χ4n) is 8.93. The number of likely N-dealkylation sites (N-methyl/N-ethyl adjacent to an activating group) is 2. The van der Waals surface area contributed by atoms with Crippen LogP contribution in [0.2, 0.25) is 0 Å². The van der Waals surface area contributed by atoms with E-state index in [0.29, 0.717) is 62.7 Å². The summed E-state index contributed by atoms with van der Waals surface area (Å²) in [6, 6.07) is 21.2. The number of hydrogen-bond acceptors (Lipinski definition) is 8. The van der Waals surface area contributed by atoms with Crippen LogP contribution in [0.15, 0.2) is 60.7 Å². The summed E-state index contributed by atoms with van der Waals surface area (Å²) in [7, 11) is 4.34. The monoisotopic (exact) mass is 730 g/mol. The molecule has 0 saturated heterocycles. The van der Waals surface area contributed by atoms with Crippen molar-refractivity contribution in [3.8, 4) is 45.3 Å². The Hall–Kier alpha value is -5.06. The van der Waals surface area contributed by atoms with Crippen LogP contribution in [0.4, 0.5) is 0 Å². The highest BCUT2D eigenvalue weighted by atomic mass is 16.5. The number of hydrogen-bond donors (Lipinski definition) is 4. The van der Waals surface area contributed by atoms with E-state index in [1.165, 1.54) is 22.3 Å². The van der Waals surface area contributed by atoms with E-state index in [-0.39, 0.29) is 36.2 Å². The van der Waals surface area contributed by atoms with Crippen LogP contribution < -0.4 is 20.1 Å². The second kappa shape index (κ2) is 15.4. The Labute approximate surface area is 317 Å². The molecule has 0 radical (unpaired) electrons. The minimum atomic E-state index is -0.195. The van der Waals surface area contributed by atoms with Crippen molar-refractivity contribution >= 4 is 11.8 Å². The summed E-state index contributed by atoms with van der Waals surface area (Å²) in [4.78, 5) is 29.6. The summed E-state index contributed by atoms with van der Waals surface area (Å²) in [6.45, 7) is 3.55. The van der Waals surface area contributed by atoms with Crippen LogP contribution in [0.5, 0.6) is 23.0 Å². The number of nitrogens with zero attached hydrogens (tertiary/aromatic N) is 2. The summed E-state index contributed by atoms with van der Waals surface area (Å²) >= 11 is 0. The van der Waals surface area contributed by atoms with Gasteiger partial charge in [0.1, 0.15) is 0 Å². The molecule has 0 fully saturated rings. The molecule has 4 aliphatic rings. The molecule has 2 heterocycles. The van der Waals surface area contributed by atoms with E-state index < -0.39 is 0 Å². The molecule has 0 saturated carbocycles. The third kappa shape index (κ3) is 6.89. The van der Waals surface area contributed by atoms with Crippen molar-refractivity contribution in [2.45, 2.75) is 63.5 Å². The summed E-state index contributed by atoms with van der Waals surface area (Å²) < 4.78 is 11.9. The average molecular weight is 731 g/mol. The molecule has 54 heavy (non-hydrogen) atoms. The molecule has 4 N–H and O–H groups in total. The lowest BCUT2D eigenvalue weighted by molar-refractivity contribution is -0.126. The van der Waals surface area contributed by atoms with Crippen LogP contribution in [0, 0.1) is 0 Å². The Morgan fingerprint density at radius 1 is 0.648 bits per heavy atom. The largest absolute Gasteiger partial charge is 0.504 e. The van der Waals surface area contributed by atoms with Gasteiger partial charge in [-0.1, -0.05) is 48.5 Å². The smallest absolute Gasteiger partial charge is 0.220 e. The Morgan fingerprint density at radius 3 is 1.54 bits per heavy atom. The second-order valence-corrected chi connectivity index (χ2v) is 15.2. The molecule has 10 nitrogen and oxygen atoms in total. The minimum absolute atomic E-state index is 0.0925. The number of ether oxygens (including phenoxy) is 2. The molecule has 2 aliphatic heterocycles. The number of rotatable bonds is 13. The van der Waals surface area contributed by atoms with Crippen LogP contribution in [-0.4, -0.2) is 85.3 Å². The maximum Gasteiger partial charge on any atom is 0.220 e. The molecule has 10 heteroatoms. The Bertz CT molecular complexity index is 1930. The number of carbonyl (C=O) groups is 2. The fraction of sp³-hybridized carbons (Fsp3) is 0.409. The van der Waals surface area contributed by atoms with Crippen LogP contribution in [0.25, 0.3) is 22.3 Å². The first-order valence-corrected chi connectivity index (χ1v) is 19.4. The van der Waals surface area contributed by atoms with Gasteiger partial charge in [0.2, 0.25) is 11.8 Å². The van der Waals surface area contributed by atoms with E-state index in [4.69, 9.17) is 9.47 Å². The number of benzene rings is 4. The lowest BCUT2D eigenvalue weighted by Gasteiger charge is -2.40. The number of phenols is 2. The van der Waals surface area contributed by atoms with E-state index >= 15 is 0 Å². The summed E-state index contributed by atoms with van der Waals surface area (Å²) in [6.07, 6.45) is 5.04. The fourth-order valence-corrected chi connectivity index (χ4v) is 8.93. The highest BCUT2D eigenvalue weighted by molar-refractivity contribution is 5.84. The molecular formula is C44H50N4O6. The van der Waals surface area contributed by atoms with Gasteiger partial charge in [-0.05, 0) is 109 Å². The number of phenolic OH excluding ortho intramolecular Hbond substituents is 2. The van der Waals surface area contributed by atoms with Crippen molar-refractivity contribution in [3.05, 3.63) is 94.0 Å². The molecule has 0 aromatic heterocycles. The van der Waals surface area contributed by atoms with Gasteiger partial charge in [-0.2, -0.15) is 0 Å². The molecular weight excluding hydrogens is 681 g/mol. The number of nitrogens with one attached hydrogen (secondary N) is 2. The van der Waals surface area contributed by atoms with Crippen molar-refractivity contribution in [1.82, 2.24) is 20.4 Å². The van der Waals surface area contributed by atoms with E-state index in [9.17, 15) is 19.8 Å². The van der Waals surface area contributed by atoms with Gasteiger partial charge in [-0.15, -0.1) is 0 Å². The van der Waals surface area contributed by atoms with Crippen LogP contribution in [-0.2, 0) is 35.3 Å². The third-order valence-corrected chi connectivity index (χ3v) is 11.8. The van der Waals surface area contributed by atoms with Gasteiger partial charge in [0.05, 0.1) is 13.2 Å². The topological polar surface area (TPSA) is 124 Å². The van der Waals surface area contributed by atoms with Gasteiger partial charge in [-0.3, -0.25) is 19.4 Å². The molecule has 282 valence electrons. The second-order valence-electron chi connectivity index (χ2n) is 15.2. The molecule has 4 aromatic carbocycles. The van der Waals surface area contributed by atoms with Crippen LogP contribution in [0.1, 0.15) is 71.1 Å². The van der Waals surface area contributed by atoms with Crippen LogP contribution >= 0.6 is 0 Å². The maximum atomic E-state index is 12.4. The molecule has 2 aliphatic carbocycles. The quantitative estimate of drug-likeness (QED) is 0.126. The Morgan fingerprint density at radius 2 is 1.09 bits per heavy atom. The highest BCUT2D eigenvalue weighted by Crippen LogP contribution is 2.51. The minimum Gasteiger partial charge on any atom is -0.504 e. The molecule has 2 amide bonds. The number of fused-ring (bicyclic) bond motifs is 4. The van der Waals surface area contributed by atoms with Crippen molar-refractivity contribution in [3.63, 3.8) is 0 Å². The number of aromatic hydroxyl groups is 2. The number of amides is 2. The van der Waals surface area contributed by atoms with E-state index in [0.717, 1.165) is 72.2 Å². The van der Waals surface area contributed by atoms with Gasteiger partial charge in [0.15, 0.2) is 23.0 Å². The standard InChI is InChI=1S/C44H50N4O6/c1-47-21-17-27-7-3-9-31-39(27)33(47)25-29-11-13-35(43(51)41(29)31)53-23-5-19-45-37(49)15-16-38(50)46-20-6-24-54-36-14-12-30-26-34-40-28(18-22-48(34)2)8-4-10-32(40)42(30)44(36)52/h3-4,7-14,33-34,51-52H,5-6,15-26H2,1-2H3,(H,45,49)(H,46,50)/t33-,34-/m1/s1. The third-order valence-electron chi connectivity index (χ3n) is 11.8. The predicted octanol–water partition coefficient (Wildman–Crippen LogP) is 5.85. The lowest BCUT2D eigenvalue weighted by atomic mass is 9.77. The zero-order valence-corrected chi connectivity index (χ0v) is 31.2. The molecule has 8 rings (SSSR count). The zero-order chi connectivity index (χ0) is 37.3. The van der Waals surface area contributed by atoms with E-state index in [1.54, 1.807) is 0 Å². The first-order valence-electron chi connectivity index (χ1n) is 19.4. The molecule has 0 unspecified atom stereocenters. The average Bonchev–Trinajstić information content (AvgIpc) is 3.18. The lowest BCUT2D eigenvalue weighted by Crippen LogP contribution is -2.35. The van der Waals surface area contributed by atoms with Gasteiger partial charge in [-0.25, -0.2) is 0 Å². The van der Waals surface area contributed by atoms with Crippen molar-refractivity contribution in [2.24, 2.45) is 0 Å². The summed E-state index contributed by atoms with van der Waals surface area (Å²) in [5.74, 6) is 0.851. The van der Waals surface area contributed by atoms with Crippen LogP contribution in [0.3, 0.4) is 0 Å². The highest BCUT2D eigenvalue weighted by Gasteiger charge is 2.36. The van der Waals surface area contributed by atoms with Gasteiger partial charge in [0.25, 0.3) is 0 Å². The van der Waals surface area contributed by atoms with Gasteiger partial charge < -0.3 is 30.3 Å². The normalized spacial score (nSPS) is 18.1. The first kappa shape index (κ1) is 35.9. The molecule has 0 spiro atoms. The zero-order valence-electron chi connectivity index (χ0n) is 31.2. The first-order chi connectivity index (χ1) is 26.3. The van der Waals surface area contributed by atoms with Crippen molar-refractivity contribution in [2.75, 3.05) is 53.5 Å². The summed E-state index contributed by atoms with van der Waals surface area (Å²) in [5, 5.41) is 28.3. The summed E-state index contributed by atoms with van der Waals surface area (Å²) in [5.41, 5.74) is 11.5. The number of carbonyl (C=O) groups excluding carboxylic acids is 2. The maximum absolute atomic E-state index is 12.4. The van der Waals surface area contributed by atoms with Gasteiger partial charge in [0, 0.05) is 62.2 Å². The predicted molar refractivity (Wildman–Crippen MR) is 208 cm³/mol. The Kier molecular flexibility index (Phi) is 10.2. The molecule has 2 atom stereocenters. The molecule has 0 bridgehead atoms. The van der Waals surface area contributed by atoms with E-state index in [1.807, 2.05) is 12.1 Å². The Balaban J connectivity index is 0.737. The van der Waals surface area contributed by atoms with Crippen molar-refractivity contribution < 1.29 is 29.3 Å². The van der Waals surface area contributed by atoms with E-state index in [2.05, 4.69) is 83.1 Å². The van der Waals surface area contributed by atoms with Gasteiger partial charge >= 0.3 is 0 Å². The molecule has 4 aromatic rings.